The molecule has 40 heavy (non-hydrogen) atoms. The van der Waals surface area contributed by atoms with Gasteiger partial charge in [0, 0.05) is 56.7 Å². The highest BCUT2D eigenvalue weighted by atomic mass is 32.1. The number of nitrogens with zero attached hydrogens (tertiary/aromatic N) is 5. The summed E-state index contributed by atoms with van der Waals surface area (Å²) < 4.78 is 12.0. The molecule has 212 valence electrons. The van der Waals surface area contributed by atoms with Gasteiger partial charge in [0.25, 0.3) is 0 Å². The van der Waals surface area contributed by atoms with Crippen molar-refractivity contribution in [1.29, 1.82) is 0 Å². The first-order chi connectivity index (χ1) is 19.6. The third-order valence-electron chi connectivity index (χ3n) is 7.41. The first kappa shape index (κ1) is 28.3. The molecule has 0 saturated carbocycles. The van der Waals surface area contributed by atoms with Gasteiger partial charge in [0.2, 0.25) is 4.96 Å². The van der Waals surface area contributed by atoms with Crippen LogP contribution in [0.2, 0.25) is 0 Å². The van der Waals surface area contributed by atoms with E-state index >= 15 is 0 Å². The summed E-state index contributed by atoms with van der Waals surface area (Å²) in [4.78, 5) is 22.6. The van der Waals surface area contributed by atoms with Gasteiger partial charge in [-0.25, -0.2) is 14.3 Å². The van der Waals surface area contributed by atoms with Crippen LogP contribution in [0.1, 0.15) is 49.4 Å². The van der Waals surface area contributed by atoms with Gasteiger partial charge in [-0.3, -0.25) is 4.90 Å². The van der Waals surface area contributed by atoms with E-state index in [0.29, 0.717) is 12.2 Å². The van der Waals surface area contributed by atoms with Crippen LogP contribution in [0.25, 0.3) is 26.8 Å². The normalized spacial score (nSPS) is 14.2. The maximum atomic E-state index is 11.9. The van der Waals surface area contributed by atoms with E-state index in [4.69, 9.17) is 19.6 Å². The minimum absolute atomic E-state index is 0.310. The summed E-state index contributed by atoms with van der Waals surface area (Å²) >= 11 is 1.58. The summed E-state index contributed by atoms with van der Waals surface area (Å²) in [6, 6.07) is 16.1. The fraction of sp³-hybridized carbons (Fsp3) is 0.452. The number of benzene rings is 2. The molecule has 1 saturated heterocycles. The minimum atomic E-state index is -0.310. The quantitative estimate of drug-likeness (QED) is 0.146. The lowest BCUT2D eigenvalue weighted by molar-refractivity contribution is 0.0526. The molecule has 2 aromatic carbocycles. The number of unbranched alkanes of at least 4 members (excludes halogenated alkanes) is 4. The smallest absolute Gasteiger partial charge is 0.338 e. The van der Waals surface area contributed by atoms with Crippen LogP contribution in [0.4, 0.5) is 5.69 Å². The fourth-order valence-electron chi connectivity index (χ4n) is 5.10. The Hall–Kier alpha value is -3.27. The van der Waals surface area contributed by atoms with Crippen LogP contribution in [0.15, 0.2) is 54.7 Å². The number of fused-ring (bicyclic) bond motifs is 1. The third kappa shape index (κ3) is 7.08. The van der Waals surface area contributed by atoms with Gasteiger partial charge in [-0.1, -0.05) is 42.7 Å². The van der Waals surface area contributed by atoms with Crippen LogP contribution >= 0.6 is 11.3 Å². The summed E-state index contributed by atoms with van der Waals surface area (Å²) in [7, 11) is 1.78. The number of piperazine rings is 1. The molecule has 1 fully saturated rings. The number of hydrogen-bond acceptors (Lipinski definition) is 8. The lowest BCUT2D eigenvalue weighted by Crippen LogP contribution is -2.46. The molecule has 3 heterocycles. The van der Waals surface area contributed by atoms with Crippen LogP contribution in [0, 0.1) is 0 Å². The molecule has 0 unspecified atom stereocenters. The van der Waals surface area contributed by atoms with E-state index < -0.39 is 0 Å². The van der Waals surface area contributed by atoms with Gasteiger partial charge in [-0.05, 0) is 62.7 Å². The van der Waals surface area contributed by atoms with E-state index in [9.17, 15) is 4.79 Å². The number of aromatic nitrogens is 3. The molecular weight excluding hydrogens is 522 g/mol. The van der Waals surface area contributed by atoms with Crippen molar-refractivity contribution in [2.75, 3.05) is 57.9 Å². The lowest BCUT2D eigenvalue weighted by Gasteiger charge is -2.36. The number of rotatable bonds is 13. The number of carbonyl (C=O) groups excluding carboxylic acids is 1. The second kappa shape index (κ2) is 13.9. The van der Waals surface area contributed by atoms with E-state index in [2.05, 4.69) is 34.1 Å². The van der Waals surface area contributed by atoms with E-state index in [-0.39, 0.29) is 5.97 Å². The van der Waals surface area contributed by atoms with Crippen LogP contribution in [-0.2, 0) is 9.47 Å². The van der Waals surface area contributed by atoms with E-state index in [1.54, 1.807) is 37.5 Å². The molecule has 2 aromatic heterocycles. The Morgan fingerprint density at radius 3 is 2.30 bits per heavy atom. The van der Waals surface area contributed by atoms with Crippen molar-refractivity contribution >= 4 is 28.0 Å². The molecule has 9 heteroatoms. The Morgan fingerprint density at radius 2 is 1.60 bits per heavy atom. The summed E-state index contributed by atoms with van der Waals surface area (Å²) in [5.74, 6) is -0.310. The van der Waals surface area contributed by atoms with Gasteiger partial charge in [-0.2, -0.15) is 5.10 Å². The van der Waals surface area contributed by atoms with Crippen molar-refractivity contribution in [1.82, 2.24) is 19.5 Å². The molecule has 0 radical (unpaired) electrons. The largest absolute Gasteiger partial charge is 0.462 e. The maximum absolute atomic E-state index is 11.9. The molecule has 8 nitrogen and oxygen atoms in total. The number of anilines is 1. The average Bonchev–Trinajstić information content (AvgIpc) is 3.57. The number of ether oxygens (including phenoxy) is 2. The summed E-state index contributed by atoms with van der Waals surface area (Å²) in [6.07, 6.45) is 8.32. The molecule has 1 aliphatic heterocycles. The van der Waals surface area contributed by atoms with Crippen LogP contribution in [0.3, 0.4) is 0 Å². The Bertz CT molecular complexity index is 1330. The van der Waals surface area contributed by atoms with Crippen molar-refractivity contribution in [3.63, 3.8) is 0 Å². The number of hydrogen-bond donors (Lipinski definition) is 0. The van der Waals surface area contributed by atoms with Crippen molar-refractivity contribution in [3.05, 3.63) is 60.3 Å². The second-order valence-corrected chi connectivity index (χ2v) is 11.2. The zero-order valence-electron chi connectivity index (χ0n) is 23.6. The summed E-state index contributed by atoms with van der Waals surface area (Å²) in [6.45, 7) is 8.66. The molecule has 0 atom stereocenters. The first-order valence-electron chi connectivity index (χ1n) is 14.3. The predicted octanol–water partition coefficient (Wildman–Crippen LogP) is 6.02. The molecular formula is C31H39N5O3S. The van der Waals surface area contributed by atoms with Gasteiger partial charge in [0.15, 0.2) is 0 Å². The van der Waals surface area contributed by atoms with Gasteiger partial charge >= 0.3 is 5.97 Å². The van der Waals surface area contributed by atoms with Gasteiger partial charge in [0.1, 0.15) is 5.01 Å². The van der Waals surface area contributed by atoms with Crippen molar-refractivity contribution in [2.45, 2.75) is 39.0 Å². The summed E-state index contributed by atoms with van der Waals surface area (Å²) in [5, 5.41) is 5.73. The Morgan fingerprint density at radius 1 is 0.900 bits per heavy atom. The van der Waals surface area contributed by atoms with Crippen LogP contribution < -0.4 is 4.90 Å². The monoisotopic (exact) mass is 561 g/mol. The van der Waals surface area contributed by atoms with Gasteiger partial charge in [0.05, 0.1) is 24.1 Å². The average molecular weight is 562 g/mol. The maximum Gasteiger partial charge on any atom is 0.338 e. The highest BCUT2D eigenvalue weighted by Crippen LogP contribution is 2.30. The molecule has 0 amide bonds. The molecule has 5 rings (SSSR count). The standard InChI is InChI=1S/C31H39N5O3S/c1-3-39-30(37)26-11-9-24(10-12-26)28-23-36-31(32-28)40-29(33-36)25-13-15-27(16-14-25)35-20-18-34(19-21-35)17-7-5-4-6-8-22-38-2/h9-16,23H,3-8,17-22H2,1-2H3. The van der Waals surface area contributed by atoms with Crippen LogP contribution in [0.5, 0.6) is 0 Å². The van der Waals surface area contributed by atoms with Crippen LogP contribution in [-0.4, -0.2) is 78.5 Å². The van der Waals surface area contributed by atoms with E-state index in [0.717, 1.165) is 59.6 Å². The Labute approximate surface area is 240 Å². The lowest BCUT2D eigenvalue weighted by atomic mass is 10.1. The van der Waals surface area contributed by atoms with Crippen molar-refractivity contribution in [2.24, 2.45) is 0 Å². The van der Waals surface area contributed by atoms with Crippen molar-refractivity contribution in [3.8, 4) is 21.8 Å². The first-order valence-corrected chi connectivity index (χ1v) is 15.2. The third-order valence-corrected chi connectivity index (χ3v) is 8.38. The topological polar surface area (TPSA) is 72.2 Å². The molecule has 0 bridgehead atoms. The van der Waals surface area contributed by atoms with E-state index in [1.807, 2.05) is 22.8 Å². The molecule has 1 aliphatic rings. The number of carbonyl (C=O) groups is 1. The molecule has 0 N–H and O–H groups in total. The second-order valence-electron chi connectivity index (χ2n) is 10.2. The Balaban J connectivity index is 1.12. The number of imidazole rings is 1. The highest BCUT2D eigenvalue weighted by Gasteiger charge is 2.18. The Kier molecular flexibility index (Phi) is 9.81. The predicted molar refractivity (Wildman–Crippen MR) is 161 cm³/mol. The van der Waals surface area contributed by atoms with Crippen molar-refractivity contribution < 1.29 is 14.3 Å². The number of esters is 1. The number of methoxy groups -OCH3 is 1. The van der Waals surface area contributed by atoms with E-state index in [1.165, 1.54) is 44.3 Å². The summed E-state index contributed by atoms with van der Waals surface area (Å²) in [5.41, 5.74) is 4.68. The zero-order valence-corrected chi connectivity index (χ0v) is 24.4. The molecule has 0 spiro atoms. The molecule has 4 aromatic rings. The van der Waals surface area contributed by atoms with Gasteiger partial charge < -0.3 is 14.4 Å². The highest BCUT2D eigenvalue weighted by molar-refractivity contribution is 7.19. The van der Waals surface area contributed by atoms with Gasteiger partial charge in [-0.15, -0.1) is 0 Å². The fourth-order valence-corrected chi connectivity index (χ4v) is 5.99. The zero-order chi connectivity index (χ0) is 27.7. The minimum Gasteiger partial charge on any atom is -0.462 e. The molecule has 0 aliphatic carbocycles. The SMILES string of the molecule is CCOC(=O)c1ccc(-c2cn3nc(-c4ccc(N5CCN(CCCCCCCOC)CC5)cc4)sc3n2)cc1.